The highest BCUT2D eigenvalue weighted by atomic mass is 32.1. The lowest BCUT2D eigenvalue weighted by Crippen LogP contribution is -2.38. The van der Waals surface area contributed by atoms with Crippen LogP contribution in [0.1, 0.15) is 33.6 Å². The molecule has 1 amide bonds. The number of hydrogen-bond acceptors (Lipinski definition) is 5. The Morgan fingerprint density at radius 3 is 2.73 bits per heavy atom. The van der Waals surface area contributed by atoms with Crippen molar-refractivity contribution in [1.29, 1.82) is 0 Å². The molecule has 1 aromatic heterocycles. The fraction of sp³-hybridized carbons (Fsp3) is 0.421. The van der Waals surface area contributed by atoms with Gasteiger partial charge in [-0.1, -0.05) is 12.1 Å². The summed E-state index contributed by atoms with van der Waals surface area (Å²) in [7, 11) is 0. The standard InChI is InChI=1S/C19H23N3O3S/c1-14-17(5-2-6-18(14)22(24)25)19(23)20-12-15-7-9-21(10-8-15)13-16-4-3-11-26-16/h2-6,11,15H,7-10,12-13H2,1H3,(H,20,23). The molecular weight excluding hydrogens is 350 g/mol. The summed E-state index contributed by atoms with van der Waals surface area (Å²) in [5.74, 6) is 0.227. The first-order valence-electron chi connectivity index (χ1n) is 8.81. The Labute approximate surface area is 157 Å². The average molecular weight is 373 g/mol. The van der Waals surface area contributed by atoms with Gasteiger partial charge in [0.2, 0.25) is 0 Å². The minimum atomic E-state index is -0.449. The molecule has 0 radical (unpaired) electrons. The summed E-state index contributed by atoms with van der Waals surface area (Å²) in [6, 6.07) is 8.87. The Morgan fingerprint density at radius 1 is 1.31 bits per heavy atom. The van der Waals surface area contributed by atoms with Gasteiger partial charge in [-0.2, -0.15) is 0 Å². The van der Waals surface area contributed by atoms with Gasteiger partial charge in [-0.25, -0.2) is 0 Å². The third kappa shape index (κ3) is 4.47. The minimum absolute atomic E-state index is 0.0143. The van der Waals surface area contributed by atoms with Gasteiger partial charge in [-0.15, -0.1) is 11.3 Å². The number of rotatable bonds is 6. The molecule has 1 aliphatic rings. The van der Waals surface area contributed by atoms with Gasteiger partial charge in [0.1, 0.15) is 0 Å². The van der Waals surface area contributed by atoms with Gasteiger partial charge >= 0.3 is 0 Å². The lowest BCUT2D eigenvalue weighted by molar-refractivity contribution is -0.385. The molecule has 0 unspecified atom stereocenters. The Balaban J connectivity index is 1.48. The van der Waals surface area contributed by atoms with Gasteiger partial charge in [0.25, 0.3) is 11.6 Å². The van der Waals surface area contributed by atoms with Crippen molar-refractivity contribution in [3.8, 4) is 0 Å². The number of benzene rings is 1. The van der Waals surface area contributed by atoms with Crippen LogP contribution in [0.25, 0.3) is 0 Å². The fourth-order valence-electron chi connectivity index (χ4n) is 3.37. The second-order valence-electron chi connectivity index (χ2n) is 6.72. The van der Waals surface area contributed by atoms with E-state index in [1.54, 1.807) is 30.4 Å². The number of amides is 1. The number of nitro groups is 1. The van der Waals surface area contributed by atoms with Crippen molar-refractivity contribution in [3.05, 3.63) is 61.8 Å². The number of nitro benzene ring substituents is 1. The monoisotopic (exact) mass is 373 g/mol. The Hall–Kier alpha value is -2.25. The minimum Gasteiger partial charge on any atom is -0.352 e. The summed E-state index contributed by atoms with van der Waals surface area (Å²) in [6.07, 6.45) is 2.11. The molecule has 7 heteroatoms. The quantitative estimate of drug-likeness (QED) is 0.620. The summed E-state index contributed by atoms with van der Waals surface area (Å²) >= 11 is 1.79. The van der Waals surface area contributed by atoms with E-state index in [1.807, 2.05) is 0 Å². The maximum Gasteiger partial charge on any atom is 0.273 e. The third-order valence-electron chi connectivity index (χ3n) is 4.96. The van der Waals surface area contributed by atoms with Crippen LogP contribution in [-0.2, 0) is 6.54 Å². The van der Waals surface area contributed by atoms with Crippen molar-refractivity contribution in [2.75, 3.05) is 19.6 Å². The zero-order valence-corrected chi connectivity index (χ0v) is 15.6. The highest BCUT2D eigenvalue weighted by molar-refractivity contribution is 7.09. The van der Waals surface area contributed by atoms with Gasteiger partial charge in [-0.3, -0.25) is 19.8 Å². The summed E-state index contributed by atoms with van der Waals surface area (Å²) in [5, 5.41) is 16.1. The first-order chi connectivity index (χ1) is 12.5. The van der Waals surface area contributed by atoms with E-state index in [1.165, 1.54) is 10.9 Å². The van der Waals surface area contributed by atoms with Crippen molar-refractivity contribution in [1.82, 2.24) is 10.2 Å². The van der Waals surface area contributed by atoms with E-state index in [-0.39, 0.29) is 11.6 Å². The van der Waals surface area contributed by atoms with Crippen molar-refractivity contribution in [2.24, 2.45) is 5.92 Å². The molecule has 3 rings (SSSR count). The molecule has 138 valence electrons. The number of hydrogen-bond donors (Lipinski definition) is 1. The summed E-state index contributed by atoms with van der Waals surface area (Å²) < 4.78 is 0. The van der Waals surface area contributed by atoms with Crippen LogP contribution in [0.4, 0.5) is 5.69 Å². The maximum atomic E-state index is 12.4. The predicted octanol–water partition coefficient (Wildman–Crippen LogP) is 3.61. The zero-order chi connectivity index (χ0) is 18.5. The number of nitrogens with zero attached hydrogens (tertiary/aromatic N) is 2. The van der Waals surface area contributed by atoms with E-state index in [4.69, 9.17) is 0 Å². The molecule has 26 heavy (non-hydrogen) atoms. The molecule has 1 aliphatic heterocycles. The van der Waals surface area contributed by atoms with E-state index in [9.17, 15) is 14.9 Å². The van der Waals surface area contributed by atoms with Crippen LogP contribution in [0.5, 0.6) is 0 Å². The van der Waals surface area contributed by atoms with E-state index in [2.05, 4.69) is 27.7 Å². The normalized spacial score (nSPS) is 15.7. The van der Waals surface area contributed by atoms with E-state index in [0.717, 1.165) is 32.5 Å². The molecule has 2 heterocycles. The number of nitrogens with one attached hydrogen (secondary N) is 1. The zero-order valence-electron chi connectivity index (χ0n) is 14.8. The molecule has 0 spiro atoms. The smallest absolute Gasteiger partial charge is 0.273 e. The topological polar surface area (TPSA) is 75.5 Å². The molecule has 1 N–H and O–H groups in total. The third-order valence-corrected chi connectivity index (χ3v) is 5.83. The summed E-state index contributed by atoms with van der Waals surface area (Å²) in [4.78, 5) is 26.8. The molecule has 0 saturated carbocycles. The van der Waals surface area contributed by atoms with Crippen molar-refractivity contribution in [2.45, 2.75) is 26.3 Å². The van der Waals surface area contributed by atoms with E-state index in [0.29, 0.717) is 23.6 Å². The van der Waals surface area contributed by atoms with Gasteiger partial charge in [0.15, 0.2) is 0 Å². The maximum absolute atomic E-state index is 12.4. The lowest BCUT2D eigenvalue weighted by Gasteiger charge is -2.31. The molecule has 2 aromatic rings. The van der Waals surface area contributed by atoms with Crippen LogP contribution in [0, 0.1) is 23.0 Å². The van der Waals surface area contributed by atoms with Crippen LogP contribution >= 0.6 is 11.3 Å². The van der Waals surface area contributed by atoms with Crippen molar-refractivity contribution >= 4 is 22.9 Å². The Kier molecular flexibility index (Phi) is 6.00. The second kappa shape index (κ2) is 8.42. The van der Waals surface area contributed by atoms with Gasteiger partial charge in [0.05, 0.1) is 4.92 Å². The second-order valence-corrected chi connectivity index (χ2v) is 7.75. The van der Waals surface area contributed by atoms with Crippen LogP contribution in [0.15, 0.2) is 35.7 Å². The molecule has 1 fully saturated rings. The highest BCUT2D eigenvalue weighted by Gasteiger charge is 2.22. The summed E-state index contributed by atoms with van der Waals surface area (Å²) in [5.41, 5.74) is 0.787. The number of piperidine rings is 1. The largest absolute Gasteiger partial charge is 0.352 e. The SMILES string of the molecule is Cc1c(C(=O)NCC2CCN(Cc3cccs3)CC2)cccc1[N+](=O)[O-]. The number of carbonyl (C=O) groups excluding carboxylic acids is 1. The highest BCUT2D eigenvalue weighted by Crippen LogP contribution is 2.22. The average Bonchev–Trinajstić information content (AvgIpc) is 3.14. The van der Waals surface area contributed by atoms with Gasteiger partial charge in [0, 0.05) is 35.2 Å². The lowest BCUT2D eigenvalue weighted by atomic mass is 9.96. The number of thiophene rings is 1. The molecule has 1 aromatic carbocycles. The fourth-order valence-corrected chi connectivity index (χ4v) is 4.12. The molecule has 6 nitrogen and oxygen atoms in total. The molecule has 0 bridgehead atoms. The Morgan fingerprint density at radius 2 is 2.08 bits per heavy atom. The van der Waals surface area contributed by atoms with Crippen LogP contribution in [0.2, 0.25) is 0 Å². The van der Waals surface area contributed by atoms with Crippen LogP contribution in [-0.4, -0.2) is 35.4 Å². The van der Waals surface area contributed by atoms with E-state index < -0.39 is 4.92 Å². The van der Waals surface area contributed by atoms with E-state index >= 15 is 0 Å². The molecule has 1 saturated heterocycles. The van der Waals surface area contributed by atoms with Crippen LogP contribution in [0.3, 0.4) is 0 Å². The predicted molar refractivity (Wildman–Crippen MR) is 102 cm³/mol. The first-order valence-corrected chi connectivity index (χ1v) is 9.69. The molecular formula is C19H23N3O3S. The summed E-state index contributed by atoms with van der Waals surface area (Å²) in [6.45, 7) is 5.32. The Bertz CT molecular complexity index is 768. The van der Waals surface area contributed by atoms with Crippen molar-refractivity contribution in [3.63, 3.8) is 0 Å². The number of likely N-dealkylation sites (tertiary alicyclic amines) is 1. The molecule has 0 aliphatic carbocycles. The van der Waals surface area contributed by atoms with Crippen LogP contribution < -0.4 is 5.32 Å². The van der Waals surface area contributed by atoms with Gasteiger partial charge < -0.3 is 5.32 Å². The van der Waals surface area contributed by atoms with Gasteiger partial charge in [-0.05, 0) is 56.3 Å². The van der Waals surface area contributed by atoms with Crippen molar-refractivity contribution < 1.29 is 9.72 Å². The first kappa shape index (κ1) is 18.5. The molecule has 0 atom stereocenters. The number of carbonyl (C=O) groups is 1.